The molecule has 5 heteroatoms. The maximum Gasteiger partial charge on any atom is 0.335 e. The van der Waals surface area contributed by atoms with Crippen molar-refractivity contribution >= 4 is 17.6 Å². The summed E-state index contributed by atoms with van der Waals surface area (Å²) in [6.07, 6.45) is 0. The molecule has 0 aromatic heterocycles. The summed E-state index contributed by atoms with van der Waals surface area (Å²) in [5.74, 6) is -1.38. The summed E-state index contributed by atoms with van der Waals surface area (Å²) < 4.78 is 18.6. The van der Waals surface area contributed by atoms with Gasteiger partial charge in [0.25, 0.3) is 0 Å². The quantitative estimate of drug-likeness (QED) is 0.927. The highest BCUT2D eigenvalue weighted by Gasteiger charge is 2.08. The fourth-order valence-electron chi connectivity index (χ4n) is 1.51. The SMILES string of the molecule is O=C(O)c1ccc(COc2ccccc2F)c(Cl)c1. The summed E-state index contributed by atoms with van der Waals surface area (Å²) in [5.41, 5.74) is 0.689. The molecule has 0 aliphatic carbocycles. The van der Waals surface area contributed by atoms with E-state index in [1.54, 1.807) is 18.2 Å². The number of hydrogen-bond donors (Lipinski definition) is 1. The zero-order chi connectivity index (χ0) is 13.8. The normalized spacial score (nSPS) is 10.2. The number of benzene rings is 2. The molecule has 0 saturated carbocycles. The van der Waals surface area contributed by atoms with Crippen molar-refractivity contribution in [2.45, 2.75) is 6.61 Å². The Morgan fingerprint density at radius 2 is 2.00 bits per heavy atom. The number of carboxylic acid groups (broad SMARTS) is 1. The van der Waals surface area contributed by atoms with Crippen LogP contribution in [-0.4, -0.2) is 11.1 Å². The average Bonchev–Trinajstić information content (AvgIpc) is 2.39. The van der Waals surface area contributed by atoms with Crippen molar-refractivity contribution < 1.29 is 19.0 Å². The predicted octanol–water partition coefficient (Wildman–Crippen LogP) is 3.76. The predicted molar refractivity (Wildman–Crippen MR) is 69.1 cm³/mol. The molecule has 2 aromatic rings. The third-order valence-electron chi connectivity index (χ3n) is 2.52. The van der Waals surface area contributed by atoms with Gasteiger partial charge >= 0.3 is 5.97 Å². The molecule has 0 amide bonds. The van der Waals surface area contributed by atoms with E-state index < -0.39 is 11.8 Å². The first-order valence-electron chi connectivity index (χ1n) is 5.47. The minimum Gasteiger partial charge on any atom is -0.486 e. The molecule has 0 saturated heterocycles. The molecular formula is C14H10ClFO3. The lowest BCUT2D eigenvalue weighted by molar-refractivity contribution is 0.0697. The van der Waals surface area contributed by atoms with E-state index >= 15 is 0 Å². The van der Waals surface area contributed by atoms with E-state index in [1.807, 2.05) is 0 Å². The van der Waals surface area contributed by atoms with Gasteiger partial charge in [-0.3, -0.25) is 0 Å². The summed E-state index contributed by atoms with van der Waals surface area (Å²) in [4.78, 5) is 10.7. The Hall–Kier alpha value is -2.07. The van der Waals surface area contributed by atoms with Crippen molar-refractivity contribution in [1.29, 1.82) is 0 Å². The molecule has 0 fully saturated rings. The highest BCUT2D eigenvalue weighted by molar-refractivity contribution is 6.31. The molecule has 0 atom stereocenters. The number of carbonyl (C=O) groups is 1. The van der Waals surface area contributed by atoms with Crippen LogP contribution in [-0.2, 0) is 6.61 Å². The van der Waals surface area contributed by atoms with Gasteiger partial charge in [-0.2, -0.15) is 0 Å². The van der Waals surface area contributed by atoms with Gasteiger partial charge < -0.3 is 9.84 Å². The first kappa shape index (κ1) is 13.4. The minimum atomic E-state index is -1.05. The van der Waals surface area contributed by atoms with Crippen LogP contribution in [0.5, 0.6) is 5.75 Å². The van der Waals surface area contributed by atoms with E-state index in [9.17, 15) is 9.18 Å². The van der Waals surface area contributed by atoms with Crippen molar-refractivity contribution in [2.24, 2.45) is 0 Å². The van der Waals surface area contributed by atoms with E-state index in [1.165, 1.54) is 24.3 Å². The summed E-state index contributed by atoms with van der Waals surface area (Å²) in [7, 11) is 0. The second kappa shape index (κ2) is 5.71. The van der Waals surface area contributed by atoms with Crippen molar-refractivity contribution in [3.8, 4) is 5.75 Å². The molecule has 2 aromatic carbocycles. The minimum absolute atomic E-state index is 0.0691. The van der Waals surface area contributed by atoms with E-state index in [4.69, 9.17) is 21.4 Å². The Bertz CT molecular complexity index is 613. The zero-order valence-electron chi connectivity index (χ0n) is 9.77. The van der Waals surface area contributed by atoms with Crippen LogP contribution in [0.3, 0.4) is 0 Å². The smallest absolute Gasteiger partial charge is 0.335 e. The summed E-state index contributed by atoms with van der Waals surface area (Å²) in [6.45, 7) is 0.0691. The lowest BCUT2D eigenvalue weighted by Crippen LogP contribution is -2.01. The van der Waals surface area contributed by atoms with E-state index in [0.717, 1.165) is 0 Å². The Balaban J connectivity index is 2.12. The van der Waals surface area contributed by atoms with Gasteiger partial charge in [-0.05, 0) is 24.3 Å². The topological polar surface area (TPSA) is 46.5 Å². The van der Waals surface area contributed by atoms with Crippen molar-refractivity contribution in [3.05, 3.63) is 64.4 Å². The number of ether oxygens (including phenoxy) is 1. The Morgan fingerprint density at radius 1 is 1.26 bits per heavy atom. The molecule has 0 aliphatic heterocycles. The van der Waals surface area contributed by atoms with Crippen molar-refractivity contribution in [2.75, 3.05) is 0 Å². The molecule has 0 unspecified atom stereocenters. The van der Waals surface area contributed by atoms with E-state index in [-0.39, 0.29) is 22.9 Å². The fourth-order valence-corrected chi connectivity index (χ4v) is 1.75. The first-order valence-corrected chi connectivity index (χ1v) is 5.85. The van der Waals surface area contributed by atoms with Crippen LogP contribution >= 0.6 is 11.6 Å². The molecule has 1 N–H and O–H groups in total. The fraction of sp³-hybridized carbons (Fsp3) is 0.0714. The highest BCUT2D eigenvalue weighted by Crippen LogP contribution is 2.22. The van der Waals surface area contributed by atoms with Gasteiger partial charge in [-0.15, -0.1) is 0 Å². The maximum atomic E-state index is 13.3. The van der Waals surface area contributed by atoms with Crippen LogP contribution in [0.1, 0.15) is 15.9 Å². The van der Waals surface area contributed by atoms with Gasteiger partial charge in [0.1, 0.15) is 6.61 Å². The lowest BCUT2D eigenvalue weighted by atomic mass is 10.1. The van der Waals surface area contributed by atoms with E-state index in [0.29, 0.717) is 5.56 Å². The maximum absolute atomic E-state index is 13.3. The Labute approximate surface area is 114 Å². The largest absolute Gasteiger partial charge is 0.486 e. The van der Waals surface area contributed by atoms with Crippen LogP contribution in [0.25, 0.3) is 0 Å². The third kappa shape index (κ3) is 3.23. The molecular weight excluding hydrogens is 271 g/mol. The second-order valence-corrected chi connectivity index (χ2v) is 4.24. The molecule has 0 heterocycles. The zero-order valence-corrected chi connectivity index (χ0v) is 10.5. The standard InChI is InChI=1S/C14H10ClFO3/c15-11-7-9(14(17)18)5-6-10(11)8-19-13-4-2-1-3-12(13)16/h1-7H,8H2,(H,17,18). The average molecular weight is 281 g/mol. The Morgan fingerprint density at radius 3 is 2.63 bits per heavy atom. The van der Waals surface area contributed by atoms with Gasteiger partial charge in [0, 0.05) is 10.6 Å². The number of halogens is 2. The van der Waals surface area contributed by atoms with E-state index in [2.05, 4.69) is 0 Å². The molecule has 2 rings (SSSR count). The van der Waals surface area contributed by atoms with Gasteiger partial charge in [-0.25, -0.2) is 9.18 Å². The van der Waals surface area contributed by atoms with Crippen LogP contribution in [0, 0.1) is 5.82 Å². The number of carboxylic acids is 1. The molecule has 0 radical (unpaired) electrons. The number of rotatable bonds is 4. The highest BCUT2D eigenvalue weighted by atomic mass is 35.5. The summed E-state index contributed by atoms with van der Waals surface area (Å²) in [5, 5.41) is 9.08. The van der Waals surface area contributed by atoms with Gasteiger partial charge in [-0.1, -0.05) is 29.8 Å². The van der Waals surface area contributed by atoms with Gasteiger partial charge in [0.2, 0.25) is 0 Å². The van der Waals surface area contributed by atoms with Crippen LogP contribution in [0.4, 0.5) is 4.39 Å². The number of para-hydroxylation sites is 1. The molecule has 0 bridgehead atoms. The van der Waals surface area contributed by atoms with Crippen LogP contribution in [0.2, 0.25) is 5.02 Å². The molecule has 98 valence electrons. The van der Waals surface area contributed by atoms with Gasteiger partial charge in [0.15, 0.2) is 11.6 Å². The van der Waals surface area contributed by atoms with Crippen molar-refractivity contribution in [3.63, 3.8) is 0 Å². The number of aromatic carboxylic acids is 1. The number of hydrogen-bond acceptors (Lipinski definition) is 2. The second-order valence-electron chi connectivity index (χ2n) is 3.83. The van der Waals surface area contributed by atoms with Gasteiger partial charge in [0.05, 0.1) is 5.56 Å². The van der Waals surface area contributed by atoms with Crippen LogP contribution < -0.4 is 4.74 Å². The summed E-state index contributed by atoms with van der Waals surface area (Å²) >= 11 is 5.94. The van der Waals surface area contributed by atoms with Crippen LogP contribution in [0.15, 0.2) is 42.5 Å². The molecule has 3 nitrogen and oxygen atoms in total. The third-order valence-corrected chi connectivity index (χ3v) is 2.87. The molecule has 19 heavy (non-hydrogen) atoms. The lowest BCUT2D eigenvalue weighted by Gasteiger charge is -2.09. The molecule has 0 aliphatic rings. The Kier molecular flexibility index (Phi) is 4.02. The summed E-state index contributed by atoms with van der Waals surface area (Å²) in [6, 6.07) is 10.3. The first-order chi connectivity index (χ1) is 9.08. The monoisotopic (exact) mass is 280 g/mol. The van der Waals surface area contributed by atoms with Crippen molar-refractivity contribution in [1.82, 2.24) is 0 Å². The molecule has 0 spiro atoms.